The van der Waals surface area contributed by atoms with E-state index >= 15 is 0 Å². The van der Waals surface area contributed by atoms with Crippen LogP contribution in [0.5, 0.6) is 0 Å². The van der Waals surface area contributed by atoms with Crippen LogP contribution in [0.4, 0.5) is 8.78 Å². The number of halogens is 2. The first-order chi connectivity index (χ1) is 10.6. The summed E-state index contributed by atoms with van der Waals surface area (Å²) >= 11 is 0. The van der Waals surface area contributed by atoms with Crippen LogP contribution >= 0.6 is 0 Å². The number of rotatable bonds is 3. The zero-order chi connectivity index (χ0) is 15.7. The van der Waals surface area contributed by atoms with Gasteiger partial charge in [0.2, 0.25) is 5.91 Å². The largest absolute Gasteiger partial charge is 0.348 e. The Morgan fingerprint density at radius 1 is 1.45 bits per heavy atom. The van der Waals surface area contributed by atoms with Crippen LogP contribution in [0, 0.1) is 11.6 Å². The maximum absolute atomic E-state index is 13.8. The van der Waals surface area contributed by atoms with Gasteiger partial charge in [0.1, 0.15) is 17.5 Å². The predicted molar refractivity (Wildman–Crippen MR) is 78.0 cm³/mol. The summed E-state index contributed by atoms with van der Waals surface area (Å²) < 4.78 is 29.0. The number of hydrogen-bond acceptors (Lipinski definition) is 2. The third-order valence-electron chi connectivity index (χ3n) is 3.73. The van der Waals surface area contributed by atoms with Crippen LogP contribution in [0.15, 0.2) is 37.1 Å². The summed E-state index contributed by atoms with van der Waals surface area (Å²) in [5.74, 6) is -0.417. The second-order valence-corrected chi connectivity index (χ2v) is 5.27. The molecule has 1 aliphatic heterocycles. The van der Waals surface area contributed by atoms with Gasteiger partial charge in [0.05, 0.1) is 5.69 Å². The van der Waals surface area contributed by atoms with Crippen molar-refractivity contribution in [2.75, 3.05) is 0 Å². The highest BCUT2D eigenvalue weighted by molar-refractivity contribution is 5.87. The number of imidazole rings is 1. The Morgan fingerprint density at radius 3 is 3.05 bits per heavy atom. The number of benzene rings is 1. The van der Waals surface area contributed by atoms with Crippen molar-refractivity contribution in [3.63, 3.8) is 0 Å². The molecule has 4 nitrogen and oxygen atoms in total. The molecule has 1 N–H and O–H groups in total. The number of amides is 1. The molecule has 0 spiro atoms. The van der Waals surface area contributed by atoms with E-state index in [1.54, 1.807) is 6.20 Å². The van der Waals surface area contributed by atoms with Crippen LogP contribution in [0.2, 0.25) is 0 Å². The van der Waals surface area contributed by atoms with E-state index in [0.717, 1.165) is 30.4 Å². The lowest BCUT2D eigenvalue weighted by Crippen LogP contribution is -2.40. The van der Waals surface area contributed by atoms with Gasteiger partial charge in [-0.1, -0.05) is 6.58 Å². The molecule has 1 atom stereocenters. The average Bonchev–Trinajstić information content (AvgIpc) is 2.92. The monoisotopic (exact) mass is 303 g/mol. The molecule has 6 heteroatoms. The number of hydrogen-bond donors (Lipinski definition) is 1. The van der Waals surface area contributed by atoms with Gasteiger partial charge in [-0.3, -0.25) is 4.79 Å². The molecule has 0 aliphatic carbocycles. The zero-order valence-electron chi connectivity index (χ0n) is 11.9. The van der Waals surface area contributed by atoms with Gasteiger partial charge in [-0.15, -0.1) is 0 Å². The number of carbonyl (C=O) groups is 1. The van der Waals surface area contributed by atoms with Crippen LogP contribution in [0.3, 0.4) is 0 Å². The van der Waals surface area contributed by atoms with Gasteiger partial charge < -0.3 is 9.88 Å². The van der Waals surface area contributed by atoms with E-state index in [0.29, 0.717) is 18.7 Å². The van der Waals surface area contributed by atoms with E-state index in [4.69, 9.17) is 0 Å². The first-order valence-electron chi connectivity index (χ1n) is 7.01. The minimum absolute atomic E-state index is 0.0163. The summed E-state index contributed by atoms with van der Waals surface area (Å²) in [7, 11) is 0. The van der Waals surface area contributed by atoms with Crippen LogP contribution in [0.1, 0.15) is 12.2 Å². The molecule has 3 rings (SSSR count). The van der Waals surface area contributed by atoms with Crippen LogP contribution in [0.25, 0.3) is 11.3 Å². The molecule has 1 amide bonds. The standard InChI is InChI=1S/C16H15F2N3O/c1-2-16(22)19-11-4-6-15-20-14(9-21(15)8-11)12-7-10(17)3-5-13(12)18/h2-3,5,7,9,11H,1,4,6,8H2,(H,19,22)/t11-/m1/s1. The molecule has 0 unspecified atom stereocenters. The van der Waals surface area contributed by atoms with E-state index in [1.807, 2.05) is 4.57 Å². The Balaban J connectivity index is 1.86. The Labute approximate surface area is 126 Å². The third kappa shape index (κ3) is 2.77. The molecule has 2 aromatic rings. The maximum Gasteiger partial charge on any atom is 0.243 e. The molecule has 114 valence electrons. The molecule has 1 aromatic carbocycles. The second-order valence-electron chi connectivity index (χ2n) is 5.27. The fourth-order valence-electron chi connectivity index (χ4n) is 2.65. The number of aryl methyl sites for hydroxylation is 1. The van der Waals surface area contributed by atoms with Crippen molar-refractivity contribution in [1.82, 2.24) is 14.9 Å². The van der Waals surface area contributed by atoms with Gasteiger partial charge in [-0.2, -0.15) is 0 Å². The van der Waals surface area contributed by atoms with Gasteiger partial charge in [-0.05, 0) is 30.7 Å². The zero-order valence-corrected chi connectivity index (χ0v) is 11.9. The van der Waals surface area contributed by atoms with Crippen molar-refractivity contribution in [3.05, 3.63) is 54.5 Å². The molecule has 1 aromatic heterocycles. The Kier molecular flexibility index (Phi) is 3.75. The number of carbonyl (C=O) groups excluding carboxylic acids is 1. The van der Waals surface area contributed by atoms with Gasteiger partial charge >= 0.3 is 0 Å². The Hall–Kier alpha value is -2.50. The van der Waals surface area contributed by atoms with Crippen LogP contribution in [-0.4, -0.2) is 21.5 Å². The highest BCUT2D eigenvalue weighted by Gasteiger charge is 2.22. The Morgan fingerprint density at radius 2 is 2.27 bits per heavy atom. The second kappa shape index (κ2) is 5.71. The molecular weight excluding hydrogens is 288 g/mol. The number of nitrogens with zero attached hydrogens (tertiary/aromatic N) is 2. The lowest BCUT2D eigenvalue weighted by atomic mass is 10.1. The van der Waals surface area contributed by atoms with Crippen molar-refractivity contribution in [2.45, 2.75) is 25.4 Å². The molecule has 2 heterocycles. The van der Waals surface area contributed by atoms with E-state index in [9.17, 15) is 13.6 Å². The van der Waals surface area contributed by atoms with E-state index in [1.165, 1.54) is 6.08 Å². The minimum Gasteiger partial charge on any atom is -0.348 e. The average molecular weight is 303 g/mol. The van der Waals surface area contributed by atoms with Crippen molar-refractivity contribution in [3.8, 4) is 11.3 Å². The van der Waals surface area contributed by atoms with Crippen molar-refractivity contribution in [2.24, 2.45) is 0 Å². The van der Waals surface area contributed by atoms with Gasteiger partial charge in [-0.25, -0.2) is 13.8 Å². The van der Waals surface area contributed by atoms with Crippen molar-refractivity contribution in [1.29, 1.82) is 0 Å². The normalized spacial score (nSPS) is 16.9. The number of fused-ring (bicyclic) bond motifs is 1. The van der Waals surface area contributed by atoms with E-state index < -0.39 is 11.6 Å². The fourth-order valence-corrected chi connectivity index (χ4v) is 2.65. The summed E-state index contributed by atoms with van der Waals surface area (Å²) in [4.78, 5) is 15.7. The first-order valence-corrected chi connectivity index (χ1v) is 7.01. The van der Waals surface area contributed by atoms with Crippen molar-refractivity contribution < 1.29 is 13.6 Å². The highest BCUT2D eigenvalue weighted by atomic mass is 19.1. The summed E-state index contributed by atoms with van der Waals surface area (Å²) in [6.07, 6.45) is 4.34. The lowest BCUT2D eigenvalue weighted by Gasteiger charge is -2.24. The molecule has 0 saturated heterocycles. The third-order valence-corrected chi connectivity index (χ3v) is 3.73. The van der Waals surface area contributed by atoms with Gasteiger partial charge in [0.15, 0.2) is 0 Å². The van der Waals surface area contributed by atoms with E-state index in [2.05, 4.69) is 16.9 Å². The molecule has 1 aliphatic rings. The van der Waals surface area contributed by atoms with Crippen LogP contribution in [-0.2, 0) is 17.8 Å². The first kappa shape index (κ1) is 14.4. The lowest BCUT2D eigenvalue weighted by molar-refractivity contribution is -0.117. The maximum atomic E-state index is 13.8. The van der Waals surface area contributed by atoms with Crippen molar-refractivity contribution >= 4 is 5.91 Å². The molecule has 0 bridgehead atoms. The summed E-state index contributed by atoms with van der Waals surface area (Å²) in [5, 5.41) is 2.84. The molecule has 0 fully saturated rings. The summed E-state index contributed by atoms with van der Waals surface area (Å²) in [6, 6.07) is 3.30. The van der Waals surface area contributed by atoms with Crippen LogP contribution < -0.4 is 5.32 Å². The fraction of sp³-hybridized carbons (Fsp3) is 0.250. The predicted octanol–water partition coefficient (Wildman–Crippen LogP) is 2.45. The summed E-state index contributed by atoms with van der Waals surface area (Å²) in [6.45, 7) is 3.98. The van der Waals surface area contributed by atoms with E-state index in [-0.39, 0.29) is 17.5 Å². The summed E-state index contributed by atoms with van der Waals surface area (Å²) in [5.41, 5.74) is 0.552. The SMILES string of the molecule is C=CC(=O)N[C@@H]1CCc2nc(-c3cc(F)ccc3F)cn2C1. The van der Waals surface area contributed by atoms with Gasteiger partial charge in [0.25, 0.3) is 0 Å². The topological polar surface area (TPSA) is 46.9 Å². The molecule has 0 radical (unpaired) electrons. The molecular formula is C16H15F2N3O. The Bertz CT molecular complexity index is 739. The highest BCUT2D eigenvalue weighted by Crippen LogP contribution is 2.25. The quantitative estimate of drug-likeness (QED) is 0.885. The smallest absolute Gasteiger partial charge is 0.243 e. The molecule has 0 saturated carbocycles. The number of aromatic nitrogens is 2. The molecule has 22 heavy (non-hydrogen) atoms. The minimum atomic E-state index is -0.506. The number of nitrogens with one attached hydrogen (secondary N) is 1. The van der Waals surface area contributed by atoms with Gasteiger partial charge in [0, 0.05) is 30.8 Å².